The van der Waals surface area contributed by atoms with Gasteiger partial charge in [0.25, 0.3) is 0 Å². The number of ketones is 3. The van der Waals surface area contributed by atoms with E-state index >= 15 is 0 Å². The van der Waals surface area contributed by atoms with Crippen molar-refractivity contribution in [2.75, 3.05) is 24.8 Å². The maximum absolute atomic E-state index is 12.9. The van der Waals surface area contributed by atoms with Crippen molar-refractivity contribution >= 4 is 167 Å². The van der Waals surface area contributed by atoms with Crippen molar-refractivity contribution in [3.63, 3.8) is 0 Å². The molecule has 6 unspecified atom stereocenters. The zero-order valence-electron chi connectivity index (χ0n) is 62.3. The molecule has 26 nitrogen and oxygen atoms in total. The number of unbranched alkanes of at least 4 members (excludes halogenated alkanes) is 7. The minimum Gasteiger partial charge on any atom is -0.398 e. The van der Waals surface area contributed by atoms with Crippen LogP contribution in [-0.4, -0.2) is 138 Å². The number of aldehydes is 1. The monoisotopic (exact) mass is 2000 g/mol. The van der Waals surface area contributed by atoms with Gasteiger partial charge >= 0.3 is 0 Å². The second-order valence-corrected chi connectivity index (χ2v) is 33.1. The number of halogens is 5. The molecule has 596 valence electrons. The number of imide groups is 3. The summed E-state index contributed by atoms with van der Waals surface area (Å²) in [6.45, 7) is 4.05. The smallest absolute Gasteiger partial charge is 0.230 e. The molecule has 0 bridgehead atoms. The van der Waals surface area contributed by atoms with E-state index in [9.17, 15) is 47.9 Å². The number of hydrogen-bond donors (Lipinski definition) is 7. The molecule has 3 aliphatic carbocycles. The molecular formula is C81H95ClI4N14O12. The first-order chi connectivity index (χ1) is 54.1. The lowest BCUT2D eigenvalue weighted by Gasteiger charge is -2.24. The molecule has 0 radical (unpaired) electrons. The van der Waals surface area contributed by atoms with Gasteiger partial charge in [-0.3, -0.25) is 82.9 Å². The Balaban J connectivity index is 0.000000177. The summed E-state index contributed by atoms with van der Waals surface area (Å²) in [5.41, 5.74) is 14.9. The van der Waals surface area contributed by atoms with E-state index in [0.717, 1.165) is 164 Å². The predicted octanol–water partition coefficient (Wildman–Crippen LogP) is 11.4. The number of fused-ring (bicyclic) bond motifs is 3. The highest BCUT2D eigenvalue weighted by atomic mass is 127. The van der Waals surface area contributed by atoms with Gasteiger partial charge in [-0.05, 0) is 233 Å². The quantitative estimate of drug-likeness (QED) is 0.00503. The number of alkyl halides is 1. The number of terminal acetylenes is 1. The molecule has 0 spiro atoms. The van der Waals surface area contributed by atoms with Crippen molar-refractivity contribution in [3.8, 4) is 12.3 Å². The molecule has 6 aliphatic rings. The highest BCUT2D eigenvalue weighted by Crippen LogP contribution is 2.40. The topological polar surface area (TPSA) is 373 Å². The Morgan fingerprint density at radius 2 is 0.875 bits per heavy atom. The minimum atomic E-state index is -0.419. The van der Waals surface area contributed by atoms with E-state index in [1.165, 1.54) is 11.1 Å². The van der Waals surface area contributed by atoms with Crippen LogP contribution < -0.4 is 21.7 Å². The van der Waals surface area contributed by atoms with Crippen LogP contribution in [0.3, 0.4) is 0 Å². The van der Waals surface area contributed by atoms with Crippen LogP contribution in [0, 0.1) is 62.1 Å². The van der Waals surface area contributed by atoms with Crippen molar-refractivity contribution in [3.05, 3.63) is 181 Å². The highest BCUT2D eigenvalue weighted by molar-refractivity contribution is 14.1. The van der Waals surface area contributed by atoms with Gasteiger partial charge in [-0.25, -0.2) is 0 Å². The number of rotatable bonds is 26. The number of benzene rings is 3. The number of nitrogens with one attached hydrogen (secondary N) is 4. The largest absolute Gasteiger partial charge is 0.398 e. The molecule has 3 fully saturated rings. The summed E-state index contributed by atoms with van der Waals surface area (Å²) in [6.07, 6.45) is 42.3. The molecule has 8 aromatic rings. The average molecular weight is 2000 g/mol. The number of anilines is 1. The van der Waals surface area contributed by atoms with Crippen molar-refractivity contribution < 1.29 is 58.2 Å². The number of carbonyl (C=O) groups is 10. The Morgan fingerprint density at radius 3 is 1.21 bits per heavy atom. The van der Waals surface area contributed by atoms with Gasteiger partial charge in [0, 0.05) is 160 Å². The van der Waals surface area contributed by atoms with Crippen LogP contribution in [-0.2, 0) is 91.8 Å². The third-order valence-electron chi connectivity index (χ3n) is 19.9. The first-order valence-corrected chi connectivity index (χ1v) is 42.6. The lowest BCUT2D eigenvalue weighted by Crippen LogP contribution is -2.44. The fraction of sp³-hybridized carbons (Fsp3) is 0.444. The second-order valence-electron chi connectivity index (χ2n) is 27.8. The molecule has 3 saturated heterocycles. The van der Waals surface area contributed by atoms with Crippen molar-refractivity contribution in [2.24, 2.45) is 35.5 Å². The normalized spacial score (nSPS) is 18.5. The number of piperidine rings is 3. The Bertz CT molecular complexity index is 4530. The first kappa shape index (κ1) is 89.8. The number of nitrogen functional groups attached to an aromatic ring is 1. The van der Waals surface area contributed by atoms with Gasteiger partial charge in [-0.15, -0.1) is 18.0 Å². The van der Waals surface area contributed by atoms with Crippen LogP contribution in [0.15, 0.2) is 117 Å². The molecule has 0 saturated carbocycles. The third-order valence-corrected chi connectivity index (χ3v) is 22.5. The van der Waals surface area contributed by atoms with Gasteiger partial charge in [-0.1, -0.05) is 67.3 Å². The van der Waals surface area contributed by atoms with Crippen LogP contribution >= 0.6 is 102 Å². The van der Waals surface area contributed by atoms with Gasteiger partial charge < -0.3 is 20.7 Å². The number of aromatic amines is 1. The van der Waals surface area contributed by atoms with E-state index in [2.05, 4.69) is 155 Å². The zero-order valence-corrected chi connectivity index (χ0v) is 71.7. The fourth-order valence-corrected chi connectivity index (χ4v) is 16.0. The number of aromatic nitrogens is 10. The maximum Gasteiger partial charge on any atom is 0.230 e. The highest BCUT2D eigenvalue weighted by Gasteiger charge is 2.45. The number of aliphatic hydroxyl groups is 2. The molecule has 3 aromatic carbocycles. The van der Waals surface area contributed by atoms with E-state index in [0.29, 0.717) is 81.3 Å². The lowest BCUT2D eigenvalue weighted by molar-refractivity contribution is -0.138. The van der Waals surface area contributed by atoms with Crippen molar-refractivity contribution in [1.82, 2.24) is 65.3 Å². The molecule has 31 heteroatoms. The van der Waals surface area contributed by atoms with E-state index in [1.54, 1.807) is 30.6 Å². The van der Waals surface area contributed by atoms with E-state index < -0.39 is 17.8 Å². The van der Waals surface area contributed by atoms with E-state index in [-0.39, 0.29) is 83.8 Å². The fourth-order valence-electron chi connectivity index (χ4n) is 14.2. The number of nitrogens with two attached hydrogens (primary N) is 1. The van der Waals surface area contributed by atoms with Crippen LogP contribution in [0.2, 0.25) is 0 Å². The number of carbonyl (C=O) groups excluding carboxylic acids is 10. The summed E-state index contributed by atoms with van der Waals surface area (Å²) in [5, 5.41) is 46.9. The van der Waals surface area contributed by atoms with Gasteiger partial charge in [-0.2, -0.15) is 25.5 Å². The Morgan fingerprint density at radius 1 is 0.482 bits per heavy atom. The number of aliphatic hydroxyl groups excluding tert-OH is 2. The van der Waals surface area contributed by atoms with Crippen LogP contribution in [0.5, 0.6) is 0 Å². The zero-order chi connectivity index (χ0) is 80.5. The second kappa shape index (κ2) is 47.2. The molecule has 5 aromatic heterocycles. The Hall–Kier alpha value is -7.70. The van der Waals surface area contributed by atoms with Gasteiger partial charge in [0.2, 0.25) is 35.4 Å². The number of amides is 6. The van der Waals surface area contributed by atoms with Crippen LogP contribution in [0.1, 0.15) is 180 Å². The summed E-state index contributed by atoms with van der Waals surface area (Å²) in [4.78, 5) is 119. The van der Waals surface area contributed by atoms with E-state index in [4.69, 9.17) is 34.0 Å². The van der Waals surface area contributed by atoms with Crippen molar-refractivity contribution in [2.45, 2.75) is 174 Å². The van der Waals surface area contributed by atoms with Gasteiger partial charge in [0.15, 0.2) is 17.3 Å². The number of nitrogens with zero attached hydrogens (tertiary/aromatic N) is 9. The SMILES string of the molecule is C#Cc1cnn(CCCCCc2cccc3c2CC(C2CCC(=O)NC2=O)C3=O)c1.Ic1cn[nH]c1.Nc1cccc2c1CC(C1CCC(=O)NC1=O)C2=O.O=C1CCC(C2Cc3c(CCCCCn4cc(I)cn4)cccc3C2=O)C(=O)N1.O=CCCCn1cc(I)cn1.OCCCCCl.OCCCCn1cc(I)cn1. The standard InChI is InChI=1S/C24H25N3O3.C22H24IN3O3.C14H14N2O3.C7H11IN2O.C7H9IN2O.C4H9ClO.C3H3IN2/c1-2-16-14-25-27(15-16)12-5-3-4-7-17-8-6-9-18-20(17)13-21(23(18)29)19-10-11-22(28)26-24(19)30;23-15-12-24-26(13-15)10-3-1-2-5-14-6-4-7-16-18(14)11-19(21(16)28)17-8-9-20(27)25-22(17)29;15-11-3-1-2-7-9(11)6-10(13(7)18)8-4-5-12(17)16-14(8)19;2*8-7-5-9-10(6-7)3-1-2-4-11;5-3-1-2-4-6;4-3-1-5-6-2-3/h1,6,8-9,14-15,19,21H,3-5,7,10-13H2,(H,26,28,30);4,6-7,12-13,17,19H,1-3,5,8-11H2,(H,25,27,29);1-3,8,10H,4-6,15H2,(H,16,17,19);5-6,11H,1-4H2;4-6H,1-3H2;6H,1-4H2;1-2H,(H,5,6). The van der Waals surface area contributed by atoms with Gasteiger partial charge in [0.05, 0.1) is 50.8 Å². The minimum absolute atomic E-state index is 0.0307. The Kier molecular flexibility index (Phi) is 37.9. The summed E-state index contributed by atoms with van der Waals surface area (Å²) in [7, 11) is 0. The third kappa shape index (κ3) is 27.5. The summed E-state index contributed by atoms with van der Waals surface area (Å²) < 4.78 is 12.2. The predicted molar refractivity (Wildman–Crippen MR) is 456 cm³/mol. The molecule has 8 heterocycles. The van der Waals surface area contributed by atoms with Crippen molar-refractivity contribution in [1.29, 1.82) is 0 Å². The lowest BCUT2D eigenvalue weighted by atomic mass is 9.82. The van der Waals surface area contributed by atoms with E-state index in [1.807, 2.05) is 92.6 Å². The molecule has 3 aliphatic heterocycles. The first-order valence-electron chi connectivity index (χ1n) is 37.7. The average Bonchev–Trinajstić information content (AvgIpc) is 1.64. The number of Topliss-reactive ketones (excluding diaryl/α,β-unsaturated/α-hetero) is 3. The number of hydrogen-bond acceptors (Lipinski definition) is 18. The molecule has 8 N–H and O–H groups in total. The van der Waals surface area contributed by atoms with Gasteiger partial charge in [0.1, 0.15) is 6.29 Å². The summed E-state index contributed by atoms with van der Waals surface area (Å²) in [5.74, 6) is -0.622. The summed E-state index contributed by atoms with van der Waals surface area (Å²) in [6, 6.07) is 17.1. The molecule has 112 heavy (non-hydrogen) atoms. The molecule has 6 atom stereocenters. The summed E-state index contributed by atoms with van der Waals surface area (Å²) >= 11 is 14.2. The van der Waals surface area contributed by atoms with Crippen LogP contribution in [0.4, 0.5) is 5.69 Å². The molecular weight excluding hydrogens is 1900 g/mol. The maximum atomic E-state index is 12.9. The van der Waals surface area contributed by atoms with Crippen LogP contribution in [0.25, 0.3) is 0 Å². The molecule has 14 rings (SSSR count). The number of aryl methyl sites for hydroxylation is 6. The Labute approximate surface area is 711 Å². The number of H-pyrrole nitrogens is 1. The molecule has 6 amide bonds.